The Morgan fingerprint density at radius 2 is 1.73 bits per heavy atom. The average molecular weight is 395 g/mol. The summed E-state index contributed by atoms with van der Waals surface area (Å²) in [7, 11) is 3.98. The summed E-state index contributed by atoms with van der Waals surface area (Å²) >= 11 is 0. The zero-order chi connectivity index (χ0) is 20.9. The van der Waals surface area contributed by atoms with Gasteiger partial charge in [-0.05, 0) is 42.0 Å². The first kappa shape index (κ1) is 19.3. The van der Waals surface area contributed by atoms with Gasteiger partial charge in [0, 0.05) is 31.4 Å². The Bertz CT molecular complexity index is 1200. The molecule has 0 fully saturated rings. The summed E-state index contributed by atoms with van der Waals surface area (Å²) in [5.74, 6) is -0.299. The maximum Gasteiger partial charge on any atom is 0.272 e. The molecule has 0 bridgehead atoms. The normalized spacial score (nSPS) is 11.0. The number of carbonyl (C=O) groups is 1. The highest BCUT2D eigenvalue weighted by Crippen LogP contribution is 2.23. The topological polar surface area (TPSA) is 70.5 Å². The number of hydrazone groups is 1. The summed E-state index contributed by atoms with van der Waals surface area (Å²) in [6.07, 6.45) is 3.33. The van der Waals surface area contributed by atoms with Gasteiger partial charge in [-0.3, -0.25) is 9.78 Å². The fourth-order valence-corrected chi connectivity index (χ4v) is 3.09. The molecule has 0 aliphatic heterocycles. The molecule has 0 saturated heterocycles. The van der Waals surface area contributed by atoms with Crippen molar-refractivity contribution in [1.82, 2.24) is 15.4 Å². The predicted octanol–water partition coefficient (Wildman–Crippen LogP) is 4.13. The lowest BCUT2D eigenvalue weighted by atomic mass is 10.1. The standard InChI is InChI=1S/C24H21N5O/c1-29(2)18-12-10-17(11-13-18)16-26-28-24(30)20-15-23(22-9-5-6-14-25-22)27-21-8-4-3-7-19(20)21/h3-16H,1-2H3,(H,28,30)/b26-16-. The number of benzene rings is 2. The van der Waals surface area contributed by atoms with Gasteiger partial charge < -0.3 is 4.90 Å². The fraction of sp³-hybridized carbons (Fsp3) is 0.0833. The van der Waals surface area contributed by atoms with E-state index in [1.165, 1.54) is 0 Å². The van der Waals surface area contributed by atoms with Gasteiger partial charge in [-0.15, -0.1) is 0 Å². The monoisotopic (exact) mass is 395 g/mol. The number of aromatic nitrogens is 2. The molecule has 0 radical (unpaired) electrons. The van der Waals surface area contributed by atoms with Crippen LogP contribution in [0.2, 0.25) is 0 Å². The largest absolute Gasteiger partial charge is 0.378 e. The quantitative estimate of drug-likeness (QED) is 0.407. The SMILES string of the molecule is CN(C)c1ccc(/C=N\NC(=O)c2cc(-c3ccccn3)nc3ccccc23)cc1. The van der Waals surface area contributed by atoms with Crippen molar-refractivity contribution in [3.63, 3.8) is 0 Å². The van der Waals surface area contributed by atoms with Crippen LogP contribution in [0.25, 0.3) is 22.3 Å². The molecule has 30 heavy (non-hydrogen) atoms. The van der Waals surface area contributed by atoms with Crippen molar-refractivity contribution >= 4 is 28.7 Å². The van der Waals surface area contributed by atoms with Crippen molar-refractivity contribution in [2.24, 2.45) is 5.10 Å². The van der Waals surface area contributed by atoms with E-state index in [1.54, 1.807) is 18.5 Å². The molecule has 1 amide bonds. The van der Waals surface area contributed by atoms with Crippen LogP contribution in [0.1, 0.15) is 15.9 Å². The molecule has 4 aromatic rings. The van der Waals surface area contributed by atoms with Crippen LogP contribution in [0.3, 0.4) is 0 Å². The summed E-state index contributed by atoms with van der Waals surface area (Å²) in [5.41, 5.74) is 7.21. The van der Waals surface area contributed by atoms with E-state index in [4.69, 9.17) is 0 Å². The highest BCUT2D eigenvalue weighted by atomic mass is 16.2. The van der Waals surface area contributed by atoms with Crippen LogP contribution in [0.4, 0.5) is 5.69 Å². The first-order valence-corrected chi connectivity index (χ1v) is 9.54. The number of pyridine rings is 2. The van der Waals surface area contributed by atoms with Gasteiger partial charge in [-0.2, -0.15) is 5.10 Å². The van der Waals surface area contributed by atoms with E-state index in [0.29, 0.717) is 17.0 Å². The van der Waals surface area contributed by atoms with Crippen LogP contribution in [0.15, 0.2) is 84.1 Å². The van der Waals surface area contributed by atoms with Crippen LogP contribution >= 0.6 is 0 Å². The van der Waals surface area contributed by atoms with Gasteiger partial charge in [0.15, 0.2) is 0 Å². The second-order valence-electron chi connectivity index (χ2n) is 6.97. The minimum atomic E-state index is -0.299. The van der Waals surface area contributed by atoms with Crippen molar-refractivity contribution in [2.75, 3.05) is 19.0 Å². The van der Waals surface area contributed by atoms with Crippen molar-refractivity contribution in [2.45, 2.75) is 0 Å². The molecule has 0 aliphatic rings. The fourth-order valence-electron chi connectivity index (χ4n) is 3.09. The van der Waals surface area contributed by atoms with Gasteiger partial charge >= 0.3 is 0 Å². The molecule has 0 atom stereocenters. The maximum absolute atomic E-state index is 12.9. The van der Waals surface area contributed by atoms with Crippen LogP contribution in [0.5, 0.6) is 0 Å². The van der Waals surface area contributed by atoms with Crippen molar-refractivity contribution in [3.8, 4) is 11.4 Å². The number of hydrogen-bond acceptors (Lipinski definition) is 5. The van der Waals surface area contributed by atoms with E-state index < -0.39 is 0 Å². The van der Waals surface area contributed by atoms with Crippen LogP contribution in [-0.2, 0) is 0 Å². The number of anilines is 1. The van der Waals surface area contributed by atoms with Crippen LogP contribution in [0, 0.1) is 0 Å². The number of amides is 1. The molecule has 0 aliphatic carbocycles. The number of nitrogens with zero attached hydrogens (tertiary/aromatic N) is 4. The Labute approximate surface area is 174 Å². The van der Waals surface area contributed by atoms with Gasteiger partial charge in [0.05, 0.1) is 28.7 Å². The molecule has 6 nitrogen and oxygen atoms in total. The predicted molar refractivity (Wildman–Crippen MR) is 121 cm³/mol. The Morgan fingerprint density at radius 1 is 0.967 bits per heavy atom. The first-order chi connectivity index (χ1) is 14.6. The van der Waals surface area contributed by atoms with Gasteiger partial charge in [-0.25, -0.2) is 10.4 Å². The number of hydrogen-bond donors (Lipinski definition) is 1. The molecule has 4 rings (SSSR count). The zero-order valence-corrected chi connectivity index (χ0v) is 16.8. The minimum absolute atomic E-state index is 0.299. The highest BCUT2D eigenvalue weighted by Gasteiger charge is 2.14. The van der Waals surface area contributed by atoms with Gasteiger partial charge in [0.1, 0.15) is 0 Å². The summed E-state index contributed by atoms with van der Waals surface area (Å²) in [6, 6.07) is 22.8. The lowest BCUT2D eigenvalue weighted by Crippen LogP contribution is -2.18. The maximum atomic E-state index is 12.9. The van der Waals surface area contributed by atoms with E-state index >= 15 is 0 Å². The third kappa shape index (κ3) is 4.17. The first-order valence-electron chi connectivity index (χ1n) is 9.54. The third-order valence-electron chi connectivity index (χ3n) is 4.68. The molecule has 6 heteroatoms. The molecular weight excluding hydrogens is 374 g/mol. The molecular formula is C24H21N5O. The van der Waals surface area contributed by atoms with Crippen molar-refractivity contribution < 1.29 is 4.79 Å². The second-order valence-corrected chi connectivity index (χ2v) is 6.97. The molecule has 2 aromatic heterocycles. The van der Waals surface area contributed by atoms with Crippen LogP contribution in [-0.4, -0.2) is 36.2 Å². The summed E-state index contributed by atoms with van der Waals surface area (Å²) in [4.78, 5) is 23.9. The Balaban J connectivity index is 1.61. The lowest BCUT2D eigenvalue weighted by molar-refractivity contribution is 0.0956. The molecule has 0 saturated carbocycles. The number of nitrogens with one attached hydrogen (secondary N) is 1. The minimum Gasteiger partial charge on any atom is -0.378 e. The average Bonchev–Trinajstić information content (AvgIpc) is 2.79. The smallest absolute Gasteiger partial charge is 0.272 e. The van der Waals surface area contributed by atoms with Gasteiger partial charge in [0.2, 0.25) is 0 Å². The number of carbonyl (C=O) groups excluding carboxylic acids is 1. The molecule has 148 valence electrons. The van der Waals surface area contributed by atoms with Gasteiger partial charge in [-0.1, -0.05) is 36.4 Å². The molecule has 1 N–H and O–H groups in total. The van der Waals surface area contributed by atoms with Crippen LogP contribution < -0.4 is 10.3 Å². The molecule has 0 spiro atoms. The van der Waals surface area contributed by atoms with E-state index in [1.807, 2.05) is 85.7 Å². The number of rotatable bonds is 5. The molecule has 2 heterocycles. The Kier molecular flexibility index (Phi) is 5.48. The lowest BCUT2D eigenvalue weighted by Gasteiger charge is -2.11. The van der Waals surface area contributed by atoms with Crippen molar-refractivity contribution in [3.05, 3.63) is 90.1 Å². The molecule has 2 aromatic carbocycles. The summed E-state index contributed by atoms with van der Waals surface area (Å²) in [6.45, 7) is 0. The van der Waals surface area contributed by atoms with Crippen molar-refractivity contribution in [1.29, 1.82) is 0 Å². The van der Waals surface area contributed by atoms with E-state index in [0.717, 1.165) is 22.2 Å². The highest BCUT2D eigenvalue weighted by molar-refractivity contribution is 6.07. The van der Waals surface area contributed by atoms with E-state index in [2.05, 4.69) is 20.5 Å². The summed E-state index contributed by atoms with van der Waals surface area (Å²) in [5, 5.41) is 4.89. The molecule has 0 unspecified atom stereocenters. The number of fused-ring (bicyclic) bond motifs is 1. The van der Waals surface area contributed by atoms with Gasteiger partial charge in [0.25, 0.3) is 5.91 Å². The summed E-state index contributed by atoms with van der Waals surface area (Å²) < 4.78 is 0. The Morgan fingerprint density at radius 3 is 2.47 bits per heavy atom. The second kappa shape index (κ2) is 8.53. The van der Waals surface area contributed by atoms with E-state index in [-0.39, 0.29) is 5.91 Å². The number of para-hydroxylation sites is 1. The zero-order valence-electron chi connectivity index (χ0n) is 16.8. The van der Waals surface area contributed by atoms with E-state index in [9.17, 15) is 4.79 Å². The Hall–Kier alpha value is -4.06. The third-order valence-corrected chi connectivity index (χ3v) is 4.68.